The van der Waals surface area contributed by atoms with Gasteiger partial charge in [-0.3, -0.25) is 0 Å². The summed E-state index contributed by atoms with van der Waals surface area (Å²) in [5.41, 5.74) is 0. The molecular weight excluding hydrogens is 269 g/mol. The molecular formula is C13H29F3N2Si. The van der Waals surface area contributed by atoms with Crippen LogP contribution in [0.3, 0.4) is 0 Å². The third-order valence-corrected chi connectivity index (χ3v) is 7.34. The van der Waals surface area contributed by atoms with E-state index in [-0.39, 0.29) is 24.2 Å². The van der Waals surface area contributed by atoms with E-state index in [9.17, 15) is 13.2 Å². The summed E-state index contributed by atoms with van der Waals surface area (Å²) >= 11 is 0. The standard InChI is InChI=1S/C13H29F3N2Si/c1-9(2)17(10(3)4)19(13(14,15)16)18(11(5)6)12(7)8/h9-12,19H,1-8H3. The summed E-state index contributed by atoms with van der Waals surface area (Å²) in [6.07, 6.45) is 0. The third kappa shape index (κ3) is 5.08. The van der Waals surface area contributed by atoms with Crippen molar-refractivity contribution in [2.75, 3.05) is 0 Å². The number of nitrogens with zero attached hydrogens (tertiary/aromatic N) is 2. The van der Waals surface area contributed by atoms with Crippen molar-refractivity contribution in [2.45, 2.75) is 85.4 Å². The molecule has 6 heteroatoms. The van der Waals surface area contributed by atoms with Gasteiger partial charge in [0.25, 0.3) is 0 Å². The van der Waals surface area contributed by atoms with Gasteiger partial charge in [0.15, 0.2) is 0 Å². The minimum Gasteiger partial charge on any atom is -0.303 e. The van der Waals surface area contributed by atoms with Crippen molar-refractivity contribution in [3.8, 4) is 0 Å². The lowest BCUT2D eigenvalue weighted by atomic mass is 10.3. The maximum absolute atomic E-state index is 13.6. The molecule has 0 unspecified atom stereocenters. The molecule has 19 heavy (non-hydrogen) atoms. The lowest BCUT2D eigenvalue weighted by Crippen LogP contribution is -2.68. The van der Waals surface area contributed by atoms with Gasteiger partial charge in [0.2, 0.25) is 0 Å². The first kappa shape index (κ1) is 18.9. The van der Waals surface area contributed by atoms with E-state index < -0.39 is 14.9 Å². The van der Waals surface area contributed by atoms with E-state index >= 15 is 0 Å². The summed E-state index contributed by atoms with van der Waals surface area (Å²) in [6.45, 7) is 14.8. The molecule has 0 bridgehead atoms. The highest BCUT2D eigenvalue weighted by Crippen LogP contribution is 2.29. The van der Waals surface area contributed by atoms with Crippen molar-refractivity contribution in [2.24, 2.45) is 0 Å². The Labute approximate surface area is 117 Å². The molecule has 0 aliphatic rings. The van der Waals surface area contributed by atoms with E-state index in [1.807, 2.05) is 55.4 Å². The molecule has 0 heterocycles. The zero-order chi connectivity index (χ0) is 15.5. The van der Waals surface area contributed by atoms with Crippen LogP contribution in [0.1, 0.15) is 55.4 Å². The molecule has 0 aromatic heterocycles. The molecule has 0 spiro atoms. The van der Waals surface area contributed by atoms with Gasteiger partial charge in [0.1, 0.15) is 0 Å². The first-order valence-corrected chi connectivity index (χ1v) is 8.63. The third-order valence-electron chi connectivity index (χ3n) is 3.24. The summed E-state index contributed by atoms with van der Waals surface area (Å²) < 4.78 is 44.3. The maximum Gasteiger partial charge on any atom is 0.389 e. The Hall–Kier alpha value is -0.0731. The second-order valence-electron chi connectivity index (χ2n) is 6.18. The van der Waals surface area contributed by atoms with Gasteiger partial charge in [-0.1, -0.05) is 55.4 Å². The van der Waals surface area contributed by atoms with Crippen LogP contribution in [-0.4, -0.2) is 48.2 Å². The molecule has 0 aromatic carbocycles. The molecule has 0 fully saturated rings. The fourth-order valence-electron chi connectivity index (χ4n) is 2.81. The van der Waals surface area contributed by atoms with Gasteiger partial charge in [0.05, 0.1) is 0 Å². The Morgan fingerprint density at radius 2 is 0.842 bits per heavy atom. The van der Waals surface area contributed by atoms with Gasteiger partial charge in [-0.25, -0.2) is 0 Å². The van der Waals surface area contributed by atoms with Crippen LogP contribution in [0, 0.1) is 0 Å². The van der Waals surface area contributed by atoms with Gasteiger partial charge in [-0.2, -0.15) is 13.2 Å². The van der Waals surface area contributed by atoms with E-state index in [4.69, 9.17) is 0 Å². The van der Waals surface area contributed by atoms with Crippen molar-refractivity contribution in [1.82, 2.24) is 9.13 Å². The fraction of sp³-hybridized carbons (Fsp3) is 1.00. The molecule has 0 aliphatic carbocycles. The molecule has 0 aromatic rings. The molecule has 0 atom stereocenters. The topological polar surface area (TPSA) is 6.48 Å². The van der Waals surface area contributed by atoms with E-state index in [0.29, 0.717) is 0 Å². The van der Waals surface area contributed by atoms with Crippen LogP contribution in [0.4, 0.5) is 13.2 Å². The molecule has 0 radical (unpaired) electrons. The number of rotatable bonds is 6. The summed E-state index contributed by atoms with van der Waals surface area (Å²) in [6, 6.07) is -0.395. The van der Waals surface area contributed by atoms with Crippen LogP contribution < -0.4 is 0 Å². The monoisotopic (exact) mass is 298 g/mol. The average Bonchev–Trinajstić information content (AvgIpc) is 2.12. The predicted molar refractivity (Wildman–Crippen MR) is 77.4 cm³/mol. The van der Waals surface area contributed by atoms with E-state index in [1.54, 1.807) is 9.13 Å². The van der Waals surface area contributed by atoms with E-state index in [2.05, 4.69) is 0 Å². The number of alkyl halides is 3. The lowest BCUT2D eigenvalue weighted by Gasteiger charge is -2.46. The Kier molecular flexibility index (Phi) is 7.06. The molecule has 0 rings (SSSR count). The van der Waals surface area contributed by atoms with Gasteiger partial charge in [-0.05, 0) is 24.2 Å². The molecule has 0 N–H and O–H groups in total. The Morgan fingerprint density at radius 1 is 0.632 bits per heavy atom. The number of halogens is 3. The Balaban J connectivity index is 5.65. The Bertz CT molecular complexity index is 229. The smallest absolute Gasteiger partial charge is 0.303 e. The van der Waals surface area contributed by atoms with Crippen LogP contribution in [0.5, 0.6) is 0 Å². The predicted octanol–water partition coefficient (Wildman–Crippen LogP) is 3.55. The molecule has 2 nitrogen and oxygen atoms in total. The summed E-state index contributed by atoms with van der Waals surface area (Å²) in [5, 5.41) is 0. The van der Waals surface area contributed by atoms with Gasteiger partial charge >= 0.3 is 14.9 Å². The molecule has 116 valence electrons. The van der Waals surface area contributed by atoms with E-state index in [1.165, 1.54) is 0 Å². The van der Waals surface area contributed by atoms with Gasteiger partial charge in [0, 0.05) is 0 Å². The molecule has 0 saturated heterocycles. The zero-order valence-electron chi connectivity index (χ0n) is 13.4. The number of hydrogen-bond acceptors (Lipinski definition) is 2. The Morgan fingerprint density at radius 3 is 0.947 bits per heavy atom. The fourth-order valence-corrected chi connectivity index (χ4v) is 6.06. The SMILES string of the molecule is CC(C)N(C(C)C)[SiH](N(C(C)C)C(C)C)C(F)(F)F. The van der Waals surface area contributed by atoms with Crippen molar-refractivity contribution in [1.29, 1.82) is 0 Å². The quantitative estimate of drug-likeness (QED) is 0.692. The minimum atomic E-state index is -4.12. The average molecular weight is 298 g/mol. The molecule has 0 aliphatic heterocycles. The summed E-state index contributed by atoms with van der Waals surface area (Å²) in [4.78, 5) is 0. The van der Waals surface area contributed by atoms with Crippen molar-refractivity contribution in [3.63, 3.8) is 0 Å². The highest BCUT2D eigenvalue weighted by atomic mass is 28.3. The van der Waals surface area contributed by atoms with Crippen LogP contribution in [-0.2, 0) is 0 Å². The van der Waals surface area contributed by atoms with Crippen molar-refractivity contribution in [3.05, 3.63) is 0 Å². The highest BCUT2D eigenvalue weighted by Gasteiger charge is 2.52. The summed E-state index contributed by atoms with van der Waals surface area (Å²) in [7, 11) is -3.22. The second-order valence-corrected chi connectivity index (χ2v) is 8.78. The first-order chi connectivity index (χ1) is 8.41. The van der Waals surface area contributed by atoms with Gasteiger partial charge in [-0.15, -0.1) is 0 Å². The highest BCUT2D eigenvalue weighted by molar-refractivity contribution is 6.55. The first-order valence-electron chi connectivity index (χ1n) is 7.02. The van der Waals surface area contributed by atoms with Crippen molar-refractivity contribution >= 4 is 9.12 Å². The molecule has 0 amide bonds. The second kappa shape index (κ2) is 7.08. The van der Waals surface area contributed by atoms with Crippen molar-refractivity contribution < 1.29 is 13.2 Å². The van der Waals surface area contributed by atoms with Crippen LogP contribution in [0.25, 0.3) is 0 Å². The van der Waals surface area contributed by atoms with Crippen LogP contribution in [0.2, 0.25) is 0 Å². The normalized spacial score (nSPS) is 14.2. The van der Waals surface area contributed by atoms with Crippen LogP contribution >= 0.6 is 0 Å². The lowest BCUT2D eigenvalue weighted by molar-refractivity contribution is -0.0742. The minimum absolute atomic E-state index is 0.0988. The van der Waals surface area contributed by atoms with Gasteiger partial charge < -0.3 is 9.13 Å². The summed E-state index contributed by atoms with van der Waals surface area (Å²) in [5.74, 6) is -4.12. The zero-order valence-corrected chi connectivity index (χ0v) is 14.6. The maximum atomic E-state index is 13.6. The van der Waals surface area contributed by atoms with E-state index in [0.717, 1.165) is 0 Å². The van der Waals surface area contributed by atoms with Crippen LogP contribution in [0.15, 0.2) is 0 Å². The molecule has 0 saturated carbocycles. The number of hydrogen-bond donors (Lipinski definition) is 0. The largest absolute Gasteiger partial charge is 0.389 e.